The van der Waals surface area contributed by atoms with Crippen LogP contribution >= 0.6 is 11.6 Å². The fraction of sp³-hybridized carbons (Fsp3) is 0.500. The number of hydrogen-bond donors (Lipinski definition) is 0. The van der Waals surface area contributed by atoms with E-state index in [1.54, 1.807) is 0 Å². The minimum atomic E-state index is 0.332. The van der Waals surface area contributed by atoms with Crippen LogP contribution in [-0.4, -0.2) is 40.8 Å². The third-order valence-corrected chi connectivity index (χ3v) is 4.11. The van der Waals surface area contributed by atoms with Crippen LogP contribution in [0.5, 0.6) is 0 Å². The van der Waals surface area contributed by atoms with Gasteiger partial charge in [0.2, 0.25) is 11.7 Å². The Balaban J connectivity index is 1.63. The highest BCUT2D eigenvalue weighted by atomic mass is 35.5. The summed E-state index contributed by atoms with van der Waals surface area (Å²) in [5, 5.41) is 4.74. The van der Waals surface area contributed by atoms with Gasteiger partial charge in [-0.25, -0.2) is 0 Å². The summed E-state index contributed by atoms with van der Waals surface area (Å²) in [6.07, 6.45) is 2.62. The number of nitrogens with zero attached hydrogens (tertiary/aromatic N) is 3. The lowest BCUT2D eigenvalue weighted by atomic mass is 10.2. The molecule has 0 aliphatic carbocycles. The number of aromatic nitrogens is 2. The summed E-state index contributed by atoms with van der Waals surface area (Å²) in [4.78, 5) is 6.74. The maximum atomic E-state index is 5.89. The van der Waals surface area contributed by atoms with Gasteiger partial charge in [0.1, 0.15) is 0 Å². The average Bonchev–Trinajstić information content (AvgIpc) is 3.19. The average molecular weight is 322 g/mol. The fourth-order valence-corrected chi connectivity index (χ4v) is 2.73. The van der Waals surface area contributed by atoms with E-state index in [1.165, 1.54) is 0 Å². The van der Waals surface area contributed by atoms with E-state index >= 15 is 0 Å². The van der Waals surface area contributed by atoms with Crippen LogP contribution in [0.4, 0.5) is 0 Å². The number of likely N-dealkylation sites (N-methyl/N-ethyl adjacent to an activating group) is 1. The van der Waals surface area contributed by atoms with Crippen molar-refractivity contribution in [3.8, 4) is 11.4 Å². The Labute approximate surface area is 135 Å². The zero-order valence-electron chi connectivity index (χ0n) is 12.7. The Hall–Kier alpha value is -1.43. The van der Waals surface area contributed by atoms with Gasteiger partial charge in [-0.1, -0.05) is 23.7 Å². The lowest BCUT2D eigenvalue weighted by Gasteiger charge is -2.21. The monoisotopic (exact) mass is 321 g/mol. The summed E-state index contributed by atoms with van der Waals surface area (Å²) < 4.78 is 11.1. The number of halogens is 1. The third-order valence-electron chi connectivity index (χ3n) is 3.86. The third kappa shape index (κ3) is 3.85. The van der Waals surface area contributed by atoms with Crippen molar-refractivity contribution >= 4 is 11.6 Å². The molecule has 5 nitrogen and oxygen atoms in total. The second-order valence-corrected chi connectivity index (χ2v) is 5.92. The second kappa shape index (κ2) is 7.22. The molecule has 0 spiro atoms. The largest absolute Gasteiger partial charge is 0.377 e. The zero-order chi connectivity index (χ0) is 15.4. The molecule has 1 aliphatic rings. The number of hydrogen-bond acceptors (Lipinski definition) is 5. The lowest BCUT2D eigenvalue weighted by molar-refractivity contribution is 0.0689. The molecule has 0 radical (unpaired) electrons. The molecular formula is C16H20ClN3O2. The van der Waals surface area contributed by atoms with Gasteiger partial charge in [0.15, 0.2) is 0 Å². The van der Waals surface area contributed by atoms with E-state index in [9.17, 15) is 0 Å². The van der Waals surface area contributed by atoms with Gasteiger partial charge in [0, 0.05) is 23.7 Å². The molecule has 0 saturated carbocycles. The van der Waals surface area contributed by atoms with Crippen molar-refractivity contribution in [2.75, 3.05) is 19.7 Å². The first-order valence-corrected chi connectivity index (χ1v) is 8.05. The maximum absolute atomic E-state index is 5.89. The first-order chi connectivity index (χ1) is 10.7. The topological polar surface area (TPSA) is 51.4 Å². The zero-order valence-corrected chi connectivity index (χ0v) is 13.4. The molecule has 0 bridgehead atoms. The SMILES string of the molecule is CCN(Cc1nc(-c2ccc(Cl)cc2)no1)C[C@@H]1CCCO1. The van der Waals surface area contributed by atoms with Gasteiger partial charge < -0.3 is 9.26 Å². The quantitative estimate of drug-likeness (QED) is 0.816. The first kappa shape index (κ1) is 15.5. The van der Waals surface area contributed by atoms with E-state index in [1.807, 2.05) is 24.3 Å². The summed E-state index contributed by atoms with van der Waals surface area (Å²) in [6.45, 7) is 5.50. The standard InChI is InChI=1S/C16H20ClN3O2/c1-2-20(10-14-4-3-9-21-14)11-15-18-16(19-22-15)12-5-7-13(17)8-6-12/h5-8,14H,2-4,9-11H2,1H3/t14-/m0/s1. The summed E-state index contributed by atoms with van der Waals surface area (Å²) in [5.41, 5.74) is 0.904. The van der Waals surface area contributed by atoms with Crippen LogP contribution in [0, 0.1) is 0 Å². The molecule has 0 unspecified atom stereocenters. The van der Waals surface area contributed by atoms with Crippen molar-refractivity contribution in [2.24, 2.45) is 0 Å². The van der Waals surface area contributed by atoms with Crippen LogP contribution < -0.4 is 0 Å². The van der Waals surface area contributed by atoms with Gasteiger partial charge in [0.05, 0.1) is 12.6 Å². The predicted octanol–water partition coefficient (Wildman–Crippen LogP) is 3.39. The number of benzene rings is 1. The van der Waals surface area contributed by atoms with Crippen LogP contribution in [0.25, 0.3) is 11.4 Å². The molecule has 1 atom stereocenters. The van der Waals surface area contributed by atoms with Crippen LogP contribution in [0.15, 0.2) is 28.8 Å². The minimum Gasteiger partial charge on any atom is -0.377 e. The molecule has 1 aliphatic heterocycles. The molecule has 0 amide bonds. The Kier molecular flexibility index (Phi) is 5.08. The van der Waals surface area contributed by atoms with Crippen LogP contribution in [0.1, 0.15) is 25.7 Å². The van der Waals surface area contributed by atoms with E-state index < -0.39 is 0 Å². The molecule has 6 heteroatoms. The number of rotatable bonds is 6. The van der Waals surface area contributed by atoms with Crippen LogP contribution in [0.3, 0.4) is 0 Å². The summed E-state index contributed by atoms with van der Waals surface area (Å²) in [6, 6.07) is 7.42. The molecule has 2 heterocycles. The molecule has 3 rings (SSSR count). The van der Waals surface area contributed by atoms with E-state index in [0.717, 1.165) is 38.1 Å². The molecule has 1 fully saturated rings. The molecule has 1 saturated heterocycles. The Morgan fingerprint density at radius 3 is 2.82 bits per heavy atom. The van der Waals surface area contributed by atoms with E-state index in [0.29, 0.717) is 29.4 Å². The molecule has 1 aromatic heterocycles. The Morgan fingerprint density at radius 2 is 2.14 bits per heavy atom. The van der Waals surface area contributed by atoms with Crippen molar-refractivity contribution in [3.63, 3.8) is 0 Å². The highest BCUT2D eigenvalue weighted by Crippen LogP contribution is 2.19. The summed E-state index contributed by atoms with van der Waals surface area (Å²) in [5.74, 6) is 1.23. The molecule has 1 aromatic carbocycles. The van der Waals surface area contributed by atoms with Crippen LogP contribution in [0.2, 0.25) is 5.02 Å². The normalized spacial score (nSPS) is 18.2. The summed E-state index contributed by atoms with van der Waals surface area (Å²) in [7, 11) is 0. The Morgan fingerprint density at radius 1 is 1.32 bits per heavy atom. The van der Waals surface area contributed by atoms with Gasteiger partial charge in [-0.05, 0) is 43.7 Å². The van der Waals surface area contributed by atoms with Crippen molar-refractivity contribution in [2.45, 2.75) is 32.4 Å². The van der Waals surface area contributed by atoms with Gasteiger partial charge in [0.25, 0.3) is 0 Å². The first-order valence-electron chi connectivity index (χ1n) is 7.67. The van der Waals surface area contributed by atoms with Crippen molar-refractivity contribution in [1.82, 2.24) is 15.0 Å². The van der Waals surface area contributed by atoms with Gasteiger partial charge in [-0.2, -0.15) is 4.98 Å². The van der Waals surface area contributed by atoms with E-state index in [4.69, 9.17) is 20.9 Å². The van der Waals surface area contributed by atoms with Crippen LogP contribution in [-0.2, 0) is 11.3 Å². The van der Waals surface area contributed by atoms with Gasteiger partial charge in [-0.15, -0.1) is 0 Å². The van der Waals surface area contributed by atoms with Gasteiger partial charge in [-0.3, -0.25) is 4.90 Å². The van der Waals surface area contributed by atoms with Gasteiger partial charge >= 0.3 is 0 Å². The number of ether oxygens (including phenoxy) is 1. The van der Waals surface area contributed by atoms with Crippen molar-refractivity contribution < 1.29 is 9.26 Å². The highest BCUT2D eigenvalue weighted by Gasteiger charge is 2.20. The molecule has 22 heavy (non-hydrogen) atoms. The summed E-state index contributed by atoms with van der Waals surface area (Å²) >= 11 is 5.89. The fourth-order valence-electron chi connectivity index (χ4n) is 2.61. The predicted molar refractivity (Wildman–Crippen MR) is 84.7 cm³/mol. The Bertz CT molecular complexity index is 594. The molecule has 2 aromatic rings. The lowest BCUT2D eigenvalue weighted by Crippen LogP contribution is -2.31. The second-order valence-electron chi connectivity index (χ2n) is 5.48. The van der Waals surface area contributed by atoms with Crippen molar-refractivity contribution in [3.05, 3.63) is 35.2 Å². The van der Waals surface area contributed by atoms with E-state index in [2.05, 4.69) is 22.0 Å². The maximum Gasteiger partial charge on any atom is 0.241 e. The molecule has 118 valence electrons. The molecule has 0 N–H and O–H groups in total. The molecular weight excluding hydrogens is 302 g/mol. The minimum absolute atomic E-state index is 0.332. The van der Waals surface area contributed by atoms with Crippen molar-refractivity contribution in [1.29, 1.82) is 0 Å². The smallest absolute Gasteiger partial charge is 0.241 e. The van der Waals surface area contributed by atoms with E-state index in [-0.39, 0.29) is 0 Å². The highest BCUT2D eigenvalue weighted by molar-refractivity contribution is 6.30.